The van der Waals surface area contributed by atoms with E-state index in [1.165, 1.54) is 22.3 Å². The minimum absolute atomic E-state index is 0.623. The number of aromatic nitrogens is 1. The molecule has 0 radical (unpaired) electrons. The molecule has 0 aliphatic heterocycles. The molecule has 1 heterocycles. The van der Waals surface area contributed by atoms with Gasteiger partial charge in [-0.1, -0.05) is 192 Å². The van der Waals surface area contributed by atoms with Crippen LogP contribution in [0.1, 0.15) is 27.8 Å². The minimum atomic E-state index is 0.623. The lowest BCUT2D eigenvalue weighted by molar-refractivity contribution is 1.18. The number of aryl methyl sites for hydroxylation is 4. The molecule has 0 aliphatic rings. The zero-order valence-corrected chi connectivity index (χ0v) is 42.5. The van der Waals surface area contributed by atoms with Gasteiger partial charge in [-0.25, -0.2) is 0 Å². The van der Waals surface area contributed by atoms with E-state index in [0.717, 1.165) is 106 Å². The quantitative estimate of drug-likeness (QED) is 0.130. The van der Waals surface area contributed by atoms with E-state index in [4.69, 9.17) is 0 Å². The van der Waals surface area contributed by atoms with Crippen LogP contribution in [0, 0.1) is 39.0 Å². The van der Waals surface area contributed by atoms with Gasteiger partial charge in [-0.3, -0.25) is 0 Å². The third kappa shape index (κ3) is 8.61. The van der Waals surface area contributed by atoms with E-state index in [2.05, 4.69) is 291 Å². The van der Waals surface area contributed by atoms with Crippen molar-refractivity contribution in [1.29, 1.82) is 5.26 Å². The Bertz CT molecular complexity index is 3700. The van der Waals surface area contributed by atoms with Crippen molar-refractivity contribution in [2.24, 2.45) is 0 Å². The third-order valence-electron chi connectivity index (χ3n) is 14.5. The van der Waals surface area contributed by atoms with Crippen LogP contribution in [0.25, 0.3) is 72.0 Å². The van der Waals surface area contributed by atoms with Gasteiger partial charge in [0.2, 0.25) is 0 Å². The van der Waals surface area contributed by atoms with Gasteiger partial charge >= 0.3 is 0 Å². The lowest BCUT2D eigenvalue weighted by Gasteiger charge is -2.28. The number of nitriles is 1. The van der Waals surface area contributed by atoms with E-state index in [1.54, 1.807) is 0 Å². The van der Waals surface area contributed by atoms with Crippen LogP contribution in [-0.2, 0) is 0 Å². The maximum Gasteiger partial charge on any atom is 0.100 e. The maximum atomic E-state index is 11.8. The molecule has 12 aromatic rings. The highest BCUT2D eigenvalue weighted by molar-refractivity contribution is 6.15. The molecular weight excluding hydrogens is 909 g/mol. The van der Waals surface area contributed by atoms with Crippen molar-refractivity contribution < 1.29 is 0 Å². The van der Waals surface area contributed by atoms with Crippen LogP contribution in [-0.4, -0.2) is 4.57 Å². The molecule has 0 fully saturated rings. The molecule has 0 saturated carbocycles. The summed E-state index contributed by atoms with van der Waals surface area (Å²) < 4.78 is 2.49. The Labute approximate surface area is 439 Å². The Morgan fingerprint density at radius 3 is 0.853 bits per heavy atom. The summed E-state index contributed by atoms with van der Waals surface area (Å²) in [7, 11) is 0. The highest BCUT2D eigenvalue weighted by Crippen LogP contribution is 2.53. The van der Waals surface area contributed by atoms with E-state index < -0.39 is 0 Å². The van der Waals surface area contributed by atoms with E-state index in [9.17, 15) is 5.26 Å². The summed E-state index contributed by atoms with van der Waals surface area (Å²) >= 11 is 0. The number of fused-ring (bicyclic) bond motifs is 3. The summed E-state index contributed by atoms with van der Waals surface area (Å²) in [6, 6.07) is 94.2. The van der Waals surface area contributed by atoms with Crippen LogP contribution in [0.15, 0.2) is 255 Å². The molecule has 358 valence electrons. The van der Waals surface area contributed by atoms with Crippen LogP contribution in [0.4, 0.5) is 34.1 Å². The molecule has 75 heavy (non-hydrogen) atoms. The second-order valence-corrected chi connectivity index (χ2v) is 19.6. The summed E-state index contributed by atoms with van der Waals surface area (Å²) in [4.78, 5) is 4.73. The van der Waals surface area contributed by atoms with Gasteiger partial charge in [0.25, 0.3) is 0 Å². The molecule has 0 atom stereocenters. The van der Waals surface area contributed by atoms with E-state index in [0.29, 0.717) is 5.56 Å². The highest BCUT2D eigenvalue weighted by atomic mass is 15.1. The number of hydrogen-bond acceptors (Lipinski definition) is 3. The van der Waals surface area contributed by atoms with Crippen molar-refractivity contribution in [3.05, 3.63) is 283 Å². The molecule has 0 spiro atoms. The van der Waals surface area contributed by atoms with Crippen LogP contribution < -0.4 is 9.80 Å². The second-order valence-electron chi connectivity index (χ2n) is 19.6. The number of nitrogens with zero attached hydrogens (tertiary/aromatic N) is 4. The summed E-state index contributed by atoms with van der Waals surface area (Å²) in [5.74, 6) is 0. The smallest absolute Gasteiger partial charge is 0.100 e. The van der Waals surface area contributed by atoms with Crippen molar-refractivity contribution in [3.8, 4) is 56.3 Å². The molecular formula is C71H54N4. The molecule has 0 N–H and O–H groups in total. The Hall–Kier alpha value is -9.69. The molecule has 4 heteroatoms. The zero-order valence-electron chi connectivity index (χ0n) is 42.5. The van der Waals surface area contributed by atoms with Gasteiger partial charge in [0.15, 0.2) is 0 Å². The number of benzene rings is 11. The summed E-state index contributed by atoms with van der Waals surface area (Å²) in [5.41, 5.74) is 22.6. The predicted molar refractivity (Wildman–Crippen MR) is 316 cm³/mol. The van der Waals surface area contributed by atoms with E-state index >= 15 is 0 Å². The third-order valence-corrected chi connectivity index (χ3v) is 14.5. The molecule has 1 aromatic heterocycles. The van der Waals surface area contributed by atoms with E-state index in [1.807, 2.05) is 12.1 Å². The molecule has 12 rings (SSSR count). The molecule has 0 amide bonds. The number of anilines is 6. The first-order valence-corrected chi connectivity index (χ1v) is 25.6. The fourth-order valence-corrected chi connectivity index (χ4v) is 10.8. The molecule has 0 saturated heterocycles. The monoisotopic (exact) mass is 962 g/mol. The van der Waals surface area contributed by atoms with Gasteiger partial charge in [-0.2, -0.15) is 5.26 Å². The SMILES string of the molecule is Cc1ccc(N(c2ccc(C)cc2)c2ccc3c(c2)c2cc(N(c4ccc(C)cc4)c4ccc(C)cc4)ccc2n3-c2c(-c3ccccc3)c(-c3ccccc3)c(C#N)c(-c3ccccc3)c2-c2ccccc2)cc1. The molecule has 0 unspecified atom stereocenters. The van der Waals surface area contributed by atoms with Gasteiger partial charge in [0.05, 0.1) is 22.3 Å². The summed E-state index contributed by atoms with van der Waals surface area (Å²) in [6.07, 6.45) is 0. The summed E-state index contributed by atoms with van der Waals surface area (Å²) in [6.45, 7) is 8.55. The van der Waals surface area contributed by atoms with Gasteiger partial charge in [0.1, 0.15) is 6.07 Å². The van der Waals surface area contributed by atoms with Gasteiger partial charge < -0.3 is 14.4 Å². The van der Waals surface area contributed by atoms with Crippen LogP contribution in [0.5, 0.6) is 0 Å². The minimum Gasteiger partial charge on any atom is -0.310 e. The molecule has 0 bridgehead atoms. The first-order chi connectivity index (χ1) is 36.8. The first-order valence-electron chi connectivity index (χ1n) is 25.6. The van der Waals surface area contributed by atoms with Gasteiger partial charge in [-0.15, -0.1) is 0 Å². The molecule has 0 aliphatic carbocycles. The Kier molecular flexibility index (Phi) is 12.2. The Morgan fingerprint density at radius 1 is 0.307 bits per heavy atom. The first kappa shape index (κ1) is 46.4. The fourth-order valence-electron chi connectivity index (χ4n) is 10.8. The van der Waals surface area contributed by atoms with E-state index in [-0.39, 0.29) is 0 Å². The average Bonchev–Trinajstić information content (AvgIpc) is 3.87. The second kappa shape index (κ2) is 19.7. The number of hydrogen-bond donors (Lipinski definition) is 0. The zero-order chi connectivity index (χ0) is 51.0. The standard InChI is InChI=1S/C71H54N4/c1-48-25-33-56(34-26-48)73(57-35-27-49(2)28-36-57)60-41-43-65-62(45-60)63-46-61(74(58-37-29-50(3)30-38-58)59-39-31-51(4)32-40-59)42-44-66(63)75(65)71-69(54-21-13-7-14-22-54)67(52-17-9-5-10-18-52)64(47-72)68(53-19-11-6-12-20-53)70(71)55-23-15-8-16-24-55/h5-46H,1-4H3. The lowest BCUT2D eigenvalue weighted by Crippen LogP contribution is -2.10. The van der Waals surface area contributed by atoms with Crippen LogP contribution in [0.3, 0.4) is 0 Å². The lowest BCUT2D eigenvalue weighted by atomic mass is 9.79. The van der Waals surface area contributed by atoms with Gasteiger partial charge in [0, 0.05) is 67.2 Å². The average molecular weight is 963 g/mol. The number of rotatable bonds is 11. The highest BCUT2D eigenvalue weighted by Gasteiger charge is 2.31. The van der Waals surface area contributed by atoms with Crippen molar-refractivity contribution >= 4 is 55.9 Å². The molecule has 4 nitrogen and oxygen atoms in total. The maximum absolute atomic E-state index is 11.8. The largest absolute Gasteiger partial charge is 0.310 e. The summed E-state index contributed by atoms with van der Waals surface area (Å²) in [5, 5.41) is 13.9. The van der Waals surface area contributed by atoms with Crippen molar-refractivity contribution in [2.75, 3.05) is 9.80 Å². The predicted octanol–water partition coefficient (Wildman–Crippen LogP) is 19.5. The van der Waals surface area contributed by atoms with Crippen molar-refractivity contribution in [3.63, 3.8) is 0 Å². The Morgan fingerprint density at radius 2 is 0.573 bits per heavy atom. The molecule has 11 aromatic carbocycles. The van der Waals surface area contributed by atoms with Crippen molar-refractivity contribution in [1.82, 2.24) is 4.57 Å². The van der Waals surface area contributed by atoms with Gasteiger partial charge in [-0.05, 0) is 135 Å². The van der Waals surface area contributed by atoms with Crippen LogP contribution >= 0.6 is 0 Å². The van der Waals surface area contributed by atoms with Crippen LogP contribution in [0.2, 0.25) is 0 Å². The topological polar surface area (TPSA) is 35.2 Å². The normalized spacial score (nSPS) is 11.2. The fraction of sp³-hybridized carbons (Fsp3) is 0.0563. The van der Waals surface area contributed by atoms with Crippen molar-refractivity contribution in [2.45, 2.75) is 27.7 Å². The Balaban J connectivity index is 1.27.